The molecule has 6 nitrogen and oxygen atoms in total. The predicted molar refractivity (Wildman–Crippen MR) is 78.0 cm³/mol. The Hall–Kier alpha value is -1.30. The molecule has 2 heterocycles. The topological polar surface area (TPSA) is 81.1 Å². The van der Waals surface area contributed by atoms with Crippen molar-refractivity contribution >= 4 is 12.0 Å². The Balaban J connectivity index is 1.90. The molecule has 2 aliphatic rings. The largest absolute Gasteiger partial charge is 0.481 e. The van der Waals surface area contributed by atoms with Crippen LogP contribution in [0, 0.1) is 5.92 Å². The summed E-state index contributed by atoms with van der Waals surface area (Å²) in [6.07, 6.45) is 5.37. The van der Waals surface area contributed by atoms with E-state index in [-0.39, 0.29) is 25.1 Å². The van der Waals surface area contributed by atoms with Crippen LogP contribution in [0.25, 0.3) is 0 Å². The molecule has 21 heavy (non-hydrogen) atoms. The number of urea groups is 1. The van der Waals surface area contributed by atoms with E-state index < -0.39 is 5.97 Å². The summed E-state index contributed by atoms with van der Waals surface area (Å²) in [6.45, 7) is 2.34. The van der Waals surface area contributed by atoms with Gasteiger partial charge in [0.2, 0.25) is 0 Å². The summed E-state index contributed by atoms with van der Waals surface area (Å²) in [5.41, 5.74) is 0. The van der Waals surface area contributed by atoms with Crippen LogP contribution in [-0.4, -0.2) is 64.3 Å². The lowest BCUT2D eigenvalue weighted by atomic mass is 9.96. The third kappa shape index (κ3) is 4.33. The summed E-state index contributed by atoms with van der Waals surface area (Å²) in [5, 5.41) is 18.0. The molecule has 2 N–H and O–H groups in total. The number of aliphatic hydroxyl groups excluding tert-OH is 1. The second-order valence-corrected chi connectivity index (χ2v) is 6.17. The number of aliphatic carboxylic acids is 1. The van der Waals surface area contributed by atoms with Crippen molar-refractivity contribution in [2.45, 2.75) is 51.0 Å². The molecule has 0 saturated carbocycles. The molecule has 0 radical (unpaired) electrons. The van der Waals surface area contributed by atoms with Crippen molar-refractivity contribution in [1.82, 2.24) is 9.80 Å². The number of carbonyl (C=O) groups is 2. The number of aliphatic hydroxyl groups is 1. The van der Waals surface area contributed by atoms with Crippen LogP contribution in [0.3, 0.4) is 0 Å². The smallest absolute Gasteiger partial charge is 0.320 e. The quantitative estimate of drug-likeness (QED) is 0.824. The number of hydrogen-bond donors (Lipinski definition) is 2. The highest BCUT2D eigenvalue weighted by Gasteiger charge is 2.31. The molecule has 2 fully saturated rings. The van der Waals surface area contributed by atoms with Gasteiger partial charge >= 0.3 is 12.0 Å². The molecule has 0 spiro atoms. The van der Waals surface area contributed by atoms with E-state index in [1.165, 1.54) is 0 Å². The normalized spacial score (nSPS) is 24.1. The highest BCUT2D eigenvalue weighted by Crippen LogP contribution is 2.24. The SMILES string of the molecule is O=C(O)CCC1CCCCN1C(=O)N1CCC(CO)CC1. The van der Waals surface area contributed by atoms with E-state index in [2.05, 4.69) is 0 Å². The van der Waals surface area contributed by atoms with E-state index >= 15 is 0 Å². The molecule has 2 amide bonds. The zero-order chi connectivity index (χ0) is 15.2. The molecule has 120 valence electrons. The number of carboxylic acid groups (broad SMARTS) is 1. The summed E-state index contributed by atoms with van der Waals surface area (Å²) >= 11 is 0. The predicted octanol–water partition coefficient (Wildman–Crippen LogP) is 1.53. The molecular formula is C15H26N2O4. The average molecular weight is 298 g/mol. The van der Waals surface area contributed by atoms with Crippen molar-refractivity contribution in [1.29, 1.82) is 0 Å². The van der Waals surface area contributed by atoms with Gasteiger partial charge in [0, 0.05) is 38.7 Å². The summed E-state index contributed by atoms with van der Waals surface area (Å²) in [4.78, 5) is 27.1. The zero-order valence-corrected chi connectivity index (χ0v) is 12.5. The minimum atomic E-state index is -0.795. The molecule has 2 rings (SSSR count). The molecule has 1 atom stereocenters. The Kier molecular flexibility index (Phi) is 5.85. The lowest BCUT2D eigenvalue weighted by molar-refractivity contribution is -0.137. The second kappa shape index (κ2) is 7.64. The van der Waals surface area contributed by atoms with Crippen LogP contribution in [0.15, 0.2) is 0 Å². The van der Waals surface area contributed by atoms with E-state index in [0.29, 0.717) is 25.4 Å². The van der Waals surface area contributed by atoms with Crippen LogP contribution in [0.4, 0.5) is 4.79 Å². The number of carbonyl (C=O) groups excluding carboxylic acids is 1. The van der Waals surface area contributed by atoms with Gasteiger partial charge in [-0.15, -0.1) is 0 Å². The first-order chi connectivity index (χ1) is 10.1. The van der Waals surface area contributed by atoms with Crippen molar-refractivity contribution in [3.05, 3.63) is 0 Å². The van der Waals surface area contributed by atoms with Crippen LogP contribution in [-0.2, 0) is 4.79 Å². The molecule has 0 aromatic heterocycles. The standard InChI is InChI=1S/C15H26N2O4/c18-11-12-6-9-16(10-7-12)15(21)17-8-2-1-3-13(17)4-5-14(19)20/h12-13,18H,1-11H2,(H,19,20). The van der Waals surface area contributed by atoms with Crippen molar-refractivity contribution in [3.8, 4) is 0 Å². The summed E-state index contributed by atoms with van der Waals surface area (Å²) in [5.74, 6) is -0.477. The van der Waals surface area contributed by atoms with Crippen LogP contribution < -0.4 is 0 Å². The number of carboxylic acids is 1. The monoisotopic (exact) mass is 298 g/mol. The fourth-order valence-corrected chi connectivity index (χ4v) is 3.33. The van der Waals surface area contributed by atoms with Gasteiger partial charge in [-0.3, -0.25) is 4.79 Å². The Labute approximate surface area is 125 Å². The average Bonchev–Trinajstić information content (AvgIpc) is 2.52. The van der Waals surface area contributed by atoms with Gasteiger partial charge in [0.15, 0.2) is 0 Å². The molecule has 0 aliphatic carbocycles. The van der Waals surface area contributed by atoms with Crippen molar-refractivity contribution in [2.24, 2.45) is 5.92 Å². The lowest BCUT2D eigenvalue weighted by Crippen LogP contribution is -2.52. The van der Waals surface area contributed by atoms with Crippen LogP contribution in [0.5, 0.6) is 0 Å². The molecule has 0 bridgehead atoms. The number of likely N-dealkylation sites (tertiary alicyclic amines) is 2. The maximum atomic E-state index is 12.6. The van der Waals surface area contributed by atoms with Gasteiger partial charge in [0.05, 0.1) is 0 Å². The summed E-state index contributed by atoms with van der Waals surface area (Å²) in [7, 11) is 0. The minimum absolute atomic E-state index is 0.0569. The highest BCUT2D eigenvalue weighted by molar-refractivity contribution is 5.75. The number of amides is 2. The maximum Gasteiger partial charge on any atom is 0.320 e. The van der Waals surface area contributed by atoms with E-state index in [0.717, 1.165) is 38.6 Å². The summed E-state index contributed by atoms with van der Waals surface area (Å²) < 4.78 is 0. The molecule has 0 aromatic rings. The van der Waals surface area contributed by atoms with Crippen LogP contribution >= 0.6 is 0 Å². The van der Waals surface area contributed by atoms with Crippen molar-refractivity contribution in [2.75, 3.05) is 26.2 Å². The van der Waals surface area contributed by atoms with Gasteiger partial charge in [-0.2, -0.15) is 0 Å². The number of hydrogen-bond acceptors (Lipinski definition) is 3. The minimum Gasteiger partial charge on any atom is -0.481 e. The van der Waals surface area contributed by atoms with Crippen LogP contribution in [0.2, 0.25) is 0 Å². The summed E-state index contributed by atoms with van der Waals surface area (Å²) in [6, 6.07) is 0.124. The van der Waals surface area contributed by atoms with E-state index in [4.69, 9.17) is 10.2 Å². The number of rotatable bonds is 4. The van der Waals surface area contributed by atoms with Gasteiger partial charge < -0.3 is 20.0 Å². The Morgan fingerprint density at radius 2 is 1.76 bits per heavy atom. The van der Waals surface area contributed by atoms with Gasteiger partial charge in [-0.25, -0.2) is 4.79 Å². The molecular weight excluding hydrogens is 272 g/mol. The first-order valence-corrected chi connectivity index (χ1v) is 8.00. The maximum absolute atomic E-state index is 12.6. The Bertz CT molecular complexity index is 367. The fraction of sp³-hybridized carbons (Fsp3) is 0.867. The first-order valence-electron chi connectivity index (χ1n) is 8.00. The number of nitrogens with zero attached hydrogens (tertiary/aromatic N) is 2. The van der Waals surface area contributed by atoms with Gasteiger partial charge in [-0.1, -0.05) is 0 Å². The van der Waals surface area contributed by atoms with E-state index in [9.17, 15) is 9.59 Å². The Morgan fingerprint density at radius 1 is 1.05 bits per heavy atom. The molecule has 2 aliphatic heterocycles. The third-order valence-electron chi connectivity index (χ3n) is 4.71. The van der Waals surface area contributed by atoms with Gasteiger partial charge in [0.25, 0.3) is 0 Å². The molecule has 0 aromatic carbocycles. The third-order valence-corrected chi connectivity index (χ3v) is 4.71. The molecule has 6 heteroatoms. The second-order valence-electron chi connectivity index (χ2n) is 6.17. The lowest BCUT2D eigenvalue weighted by Gasteiger charge is -2.41. The van der Waals surface area contributed by atoms with Crippen LogP contribution in [0.1, 0.15) is 44.9 Å². The van der Waals surface area contributed by atoms with Crippen molar-refractivity contribution < 1.29 is 19.8 Å². The van der Waals surface area contributed by atoms with Gasteiger partial charge in [-0.05, 0) is 44.4 Å². The Morgan fingerprint density at radius 3 is 2.38 bits per heavy atom. The van der Waals surface area contributed by atoms with Crippen molar-refractivity contribution in [3.63, 3.8) is 0 Å². The first kappa shape index (κ1) is 16.1. The van der Waals surface area contributed by atoms with Gasteiger partial charge in [0.1, 0.15) is 0 Å². The molecule has 1 unspecified atom stereocenters. The highest BCUT2D eigenvalue weighted by atomic mass is 16.4. The molecule has 2 saturated heterocycles. The van der Waals surface area contributed by atoms with E-state index in [1.54, 1.807) is 0 Å². The zero-order valence-electron chi connectivity index (χ0n) is 12.5. The van der Waals surface area contributed by atoms with E-state index in [1.807, 2.05) is 9.80 Å². The number of piperidine rings is 2. The fourth-order valence-electron chi connectivity index (χ4n) is 3.33.